The molecule has 2 aliphatic rings. The van der Waals surface area contributed by atoms with E-state index >= 15 is 0 Å². The van der Waals surface area contributed by atoms with E-state index in [9.17, 15) is 20.4 Å². The Bertz CT molecular complexity index is 303. The van der Waals surface area contributed by atoms with Crippen molar-refractivity contribution in [3.05, 3.63) is 0 Å². The summed E-state index contributed by atoms with van der Waals surface area (Å²) in [4.78, 5) is 0. The monoisotopic (exact) mass is 308 g/mol. The largest absolute Gasteiger partial charge is 0.394 e. The first kappa shape index (κ1) is 16.5. The van der Waals surface area contributed by atoms with Crippen molar-refractivity contribution in [3.8, 4) is 0 Å². The highest BCUT2D eigenvalue weighted by atomic mass is 32.2. The lowest BCUT2D eigenvalue weighted by Crippen LogP contribution is -2.57. The second-order valence-electron chi connectivity index (χ2n) is 5.63. The van der Waals surface area contributed by atoms with Gasteiger partial charge in [0.2, 0.25) is 0 Å². The summed E-state index contributed by atoms with van der Waals surface area (Å²) in [6, 6.07) is 0. The molecule has 2 fully saturated rings. The SMILES string of the molecule is OC[C@H]1O[C@H](SC2CCCCC(O)C2)[C@H](O)[C@@H](O)[C@H]1O. The van der Waals surface area contributed by atoms with Crippen LogP contribution < -0.4 is 0 Å². The Labute approximate surface area is 122 Å². The zero-order valence-electron chi connectivity index (χ0n) is 11.3. The van der Waals surface area contributed by atoms with Crippen molar-refractivity contribution in [2.24, 2.45) is 0 Å². The zero-order valence-corrected chi connectivity index (χ0v) is 12.2. The highest BCUT2D eigenvalue weighted by molar-refractivity contribution is 8.00. The predicted octanol–water partition coefficient (Wildman–Crippen LogP) is -0.787. The molecular weight excluding hydrogens is 284 g/mol. The van der Waals surface area contributed by atoms with Crippen molar-refractivity contribution in [1.82, 2.24) is 0 Å². The Hall–Kier alpha value is 0.110. The summed E-state index contributed by atoms with van der Waals surface area (Å²) in [5.41, 5.74) is -0.694. The number of aliphatic hydroxyl groups is 5. The van der Waals surface area contributed by atoms with Gasteiger partial charge in [-0.2, -0.15) is 0 Å². The molecule has 20 heavy (non-hydrogen) atoms. The van der Waals surface area contributed by atoms with Crippen LogP contribution in [0.2, 0.25) is 0 Å². The van der Waals surface area contributed by atoms with Crippen LogP contribution in [0.15, 0.2) is 0 Å². The lowest BCUT2D eigenvalue weighted by atomic mass is 10.0. The van der Waals surface area contributed by atoms with E-state index in [1.165, 1.54) is 11.8 Å². The molecule has 2 rings (SSSR count). The van der Waals surface area contributed by atoms with Gasteiger partial charge in [-0.1, -0.05) is 12.8 Å². The predicted molar refractivity (Wildman–Crippen MR) is 74.2 cm³/mol. The molecule has 1 heterocycles. The van der Waals surface area contributed by atoms with E-state index in [0.29, 0.717) is 6.42 Å². The van der Waals surface area contributed by atoms with E-state index in [4.69, 9.17) is 9.84 Å². The van der Waals surface area contributed by atoms with Crippen LogP contribution in [-0.2, 0) is 4.74 Å². The van der Waals surface area contributed by atoms with Crippen LogP contribution in [0.4, 0.5) is 0 Å². The van der Waals surface area contributed by atoms with E-state index in [1.807, 2.05) is 0 Å². The minimum Gasteiger partial charge on any atom is -0.394 e. The van der Waals surface area contributed by atoms with Crippen molar-refractivity contribution < 1.29 is 30.3 Å². The van der Waals surface area contributed by atoms with Crippen molar-refractivity contribution >= 4 is 11.8 Å². The van der Waals surface area contributed by atoms with Crippen LogP contribution in [0.5, 0.6) is 0 Å². The molecule has 5 N–H and O–H groups in total. The fourth-order valence-corrected chi connectivity index (χ4v) is 4.33. The van der Waals surface area contributed by atoms with Gasteiger partial charge in [0.25, 0.3) is 0 Å². The van der Waals surface area contributed by atoms with Crippen molar-refractivity contribution in [3.63, 3.8) is 0 Å². The third kappa shape index (κ3) is 3.85. The average molecular weight is 308 g/mol. The van der Waals surface area contributed by atoms with Crippen LogP contribution >= 0.6 is 11.8 Å². The summed E-state index contributed by atoms with van der Waals surface area (Å²) in [5.74, 6) is 0. The highest BCUT2D eigenvalue weighted by Crippen LogP contribution is 2.36. The van der Waals surface area contributed by atoms with Crippen LogP contribution in [-0.4, -0.2) is 73.3 Å². The molecule has 7 heteroatoms. The normalized spacial score (nSPS) is 47.0. The first-order valence-electron chi connectivity index (χ1n) is 7.17. The molecule has 0 amide bonds. The van der Waals surface area contributed by atoms with Gasteiger partial charge >= 0.3 is 0 Å². The van der Waals surface area contributed by atoms with Gasteiger partial charge in [-0.3, -0.25) is 0 Å². The van der Waals surface area contributed by atoms with Gasteiger partial charge in [-0.15, -0.1) is 11.8 Å². The molecular formula is C13H24O6S. The average Bonchev–Trinajstić information content (AvgIpc) is 2.63. The maximum atomic E-state index is 9.99. The molecule has 1 aliphatic heterocycles. The molecule has 1 saturated heterocycles. The Kier molecular flexibility index (Phi) is 6.09. The smallest absolute Gasteiger partial charge is 0.132 e. The van der Waals surface area contributed by atoms with Crippen LogP contribution in [0.3, 0.4) is 0 Å². The number of hydrogen-bond donors (Lipinski definition) is 5. The van der Waals surface area contributed by atoms with E-state index < -0.39 is 36.5 Å². The van der Waals surface area contributed by atoms with E-state index in [-0.39, 0.29) is 11.4 Å². The molecule has 1 aliphatic carbocycles. The molecule has 0 aromatic rings. The molecule has 0 aromatic carbocycles. The first-order chi connectivity index (χ1) is 9.52. The van der Waals surface area contributed by atoms with Crippen molar-refractivity contribution in [2.75, 3.05) is 6.61 Å². The molecule has 0 bridgehead atoms. The second-order valence-corrected chi connectivity index (χ2v) is 7.03. The van der Waals surface area contributed by atoms with Crippen LogP contribution in [0, 0.1) is 0 Å². The maximum Gasteiger partial charge on any atom is 0.132 e. The minimum absolute atomic E-state index is 0.147. The van der Waals surface area contributed by atoms with Gasteiger partial charge in [0.15, 0.2) is 0 Å². The highest BCUT2D eigenvalue weighted by Gasteiger charge is 2.44. The Morgan fingerprint density at radius 1 is 0.950 bits per heavy atom. The topological polar surface area (TPSA) is 110 Å². The van der Waals surface area contributed by atoms with Crippen molar-refractivity contribution in [1.29, 1.82) is 0 Å². The molecule has 118 valence electrons. The van der Waals surface area contributed by atoms with Crippen LogP contribution in [0.25, 0.3) is 0 Å². The number of rotatable bonds is 3. The van der Waals surface area contributed by atoms with E-state index in [2.05, 4.69) is 0 Å². The van der Waals surface area contributed by atoms with Gasteiger partial charge in [0.05, 0.1) is 12.7 Å². The summed E-state index contributed by atoms with van der Waals surface area (Å²) in [7, 11) is 0. The molecule has 7 atom stereocenters. The molecule has 1 saturated carbocycles. The number of ether oxygens (including phenoxy) is 1. The molecule has 0 spiro atoms. The summed E-state index contributed by atoms with van der Waals surface area (Å²) in [6.07, 6.45) is -0.651. The molecule has 0 radical (unpaired) electrons. The van der Waals surface area contributed by atoms with Gasteiger partial charge in [0.1, 0.15) is 29.9 Å². The summed E-state index contributed by atoms with van der Waals surface area (Å²) in [5, 5.41) is 48.6. The molecule has 0 aromatic heterocycles. The fourth-order valence-electron chi connectivity index (χ4n) is 2.78. The fraction of sp³-hybridized carbons (Fsp3) is 1.00. The van der Waals surface area contributed by atoms with Crippen molar-refractivity contribution in [2.45, 2.75) is 73.3 Å². The Morgan fingerprint density at radius 3 is 2.35 bits per heavy atom. The van der Waals surface area contributed by atoms with E-state index in [0.717, 1.165) is 25.7 Å². The van der Waals surface area contributed by atoms with Gasteiger partial charge < -0.3 is 30.3 Å². The standard InChI is InChI=1S/C13H24O6S/c14-6-9-10(16)11(17)12(18)13(19-9)20-8-4-2-1-3-7(15)5-8/h7-18H,1-6H2/t7?,8?,9-,10+,11+,12-,13-/m1/s1. The lowest BCUT2D eigenvalue weighted by Gasteiger charge is -2.40. The first-order valence-corrected chi connectivity index (χ1v) is 8.11. The summed E-state index contributed by atoms with van der Waals surface area (Å²) in [6.45, 7) is -0.407. The zero-order chi connectivity index (χ0) is 14.7. The molecule has 6 nitrogen and oxygen atoms in total. The summed E-state index contributed by atoms with van der Waals surface area (Å²) >= 11 is 1.38. The van der Waals surface area contributed by atoms with E-state index in [1.54, 1.807) is 0 Å². The lowest BCUT2D eigenvalue weighted by molar-refractivity contribution is -0.205. The quantitative estimate of drug-likeness (QED) is 0.435. The third-order valence-electron chi connectivity index (χ3n) is 4.02. The summed E-state index contributed by atoms with van der Waals surface area (Å²) < 4.78 is 5.48. The van der Waals surface area contributed by atoms with Gasteiger partial charge in [-0.05, 0) is 19.3 Å². The Balaban J connectivity index is 1.96. The number of hydrogen-bond acceptors (Lipinski definition) is 7. The Morgan fingerprint density at radius 2 is 1.65 bits per heavy atom. The molecule has 2 unspecified atom stereocenters. The maximum absolute atomic E-state index is 9.99. The minimum atomic E-state index is -1.32. The third-order valence-corrected chi connectivity index (χ3v) is 5.49. The van der Waals surface area contributed by atoms with Crippen LogP contribution in [0.1, 0.15) is 32.1 Å². The number of aliphatic hydroxyl groups excluding tert-OH is 5. The number of thioether (sulfide) groups is 1. The van der Waals surface area contributed by atoms with Gasteiger partial charge in [-0.25, -0.2) is 0 Å². The second kappa shape index (κ2) is 7.40. The van der Waals surface area contributed by atoms with Gasteiger partial charge in [0, 0.05) is 5.25 Å².